The Bertz CT molecular complexity index is 1860. The molecule has 0 radical (unpaired) electrons. The number of anilines is 2. The van der Waals surface area contributed by atoms with Gasteiger partial charge < -0.3 is 15.6 Å². The van der Waals surface area contributed by atoms with Gasteiger partial charge >= 0.3 is 6.18 Å². The highest BCUT2D eigenvalue weighted by Gasteiger charge is 2.40. The van der Waals surface area contributed by atoms with E-state index in [1.807, 2.05) is 41.1 Å². The number of hydrogen-bond acceptors (Lipinski definition) is 5. The van der Waals surface area contributed by atoms with Crippen LogP contribution < -0.4 is 11.1 Å². The van der Waals surface area contributed by atoms with Crippen molar-refractivity contribution in [1.82, 2.24) is 24.3 Å². The molecule has 0 unspecified atom stereocenters. The van der Waals surface area contributed by atoms with E-state index in [0.717, 1.165) is 32.9 Å². The monoisotopic (exact) mass is 539 g/mol. The molecule has 0 aliphatic heterocycles. The molecule has 0 spiro atoms. The first-order valence-electron chi connectivity index (χ1n) is 12.1. The van der Waals surface area contributed by atoms with Gasteiger partial charge in [0.1, 0.15) is 18.0 Å². The van der Waals surface area contributed by atoms with Gasteiger partial charge in [-0.05, 0) is 47.5 Å². The number of nitrogens with two attached hydrogens (primary N) is 1. The second-order valence-corrected chi connectivity index (χ2v) is 8.95. The Kier molecular flexibility index (Phi) is 6.03. The molecule has 6 rings (SSSR count). The molecule has 198 valence electrons. The highest BCUT2D eigenvalue weighted by atomic mass is 19.4. The second-order valence-electron chi connectivity index (χ2n) is 8.95. The molecule has 3 aromatic carbocycles. The van der Waals surface area contributed by atoms with Crippen molar-refractivity contribution in [1.29, 1.82) is 0 Å². The van der Waals surface area contributed by atoms with Gasteiger partial charge in [0.2, 0.25) is 0 Å². The Morgan fingerprint density at radius 2 is 1.68 bits per heavy atom. The summed E-state index contributed by atoms with van der Waals surface area (Å²) >= 11 is 0. The maximum Gasteiger partial charge on any atom is 0.434 e. The van der Waals surface area contributed by atoms with E-state index in [1.165, 1.54) is 18.5 Å². The van der Waals surface area contributed by atoms with Crippen LogP contribution in [-0.4, -0.2) is 30.2 Å². The first-order chi connectivity index (χ1) is 19.3. The number of nitrogens with zero attached hydrogens (tertiary/aromatic N) is 5. The van der Waals surface area contributed by atoms with Gasteiger partial charge in [0.15, 0.2) is 5.69 Å². The summed E-state index contributed by atoms with van der Waals surface area (Å²) in [6.07, 6.45) is -0.614. The number of carbonyl (C=O) groups excluding carboxylic acids is 1. The third-order valence-electron chi connectivity index (χ3n) is 6.35. The maximum absolute atomic E-state index is 14.0. The van der Waals surface area contributed by atoms with Crippen LogP contribution in [0.2, 0.25) is 0 Å². The zero-order valence-corrected chi connectivity index (χ0v) is 20.7. The largest absolute Gasteiger partial charge is 0.434 e. The third kappa shape index (κ3) is 4.64. The van der Waals surface area contributed by atoms with E-state index in [2.05, 4.69) is 20.4 Å². The van der Waals surface area contributed by atoms with Crippen LogP contribution in [0.25, 0.3) is 33.5 Å². The van der Waals surface area contributed by atoms with Crippen molar-refractivity contribution in [3.8, 4) is 22.6 Å². The fourth-order valence-electron chi connectivity index (χ4n) is 4.53. The quantitative estimate of drug-likeness (QED) is 0.275. The van der Waals surface area contributed by atoms with Crippen LogP contribution in [-0.2, 0) is 6.18 Å². The average molecular weight is 540 g/mol. The van der Waals surface area contributed by atoms with Crippen molar-refractivity contribution in [3.05, 3.63) is 115 Å². The predicted octanol–water partition coefficient (Wildman–Crippen LogP) is 6.13. The molecule has 3 aromatic heterocycles. The van der Waals surface area contributed by atoms with E-state index in [-0.39, 0.29) is 5.69 Å². The number of aromatic nitrogens is 5. The topological polar surface area (TPSA) is 104 Å². The molecular weight excluding hydrogens is 519 g/mol. The van der Waals surface area contributed by atoms with Gasteiger partial charge in [-0.3, -0.25) is 4.79 Å². The number of fused-ring (bicyclic) bond motifs is 1. The smallest absolute Gasteiger partial charge is 0.384 e. The number of nitrogen functional groups attached to an aromatic ring is 1. The molecule has 40 heavy (non-hydrogen) atoms. The Hall–Kier alpha value is -5.45. The van der Waals surface area contributed by atoms with Crippen LogP contribution in [0.15, 0.2) is 104 Å². The van der Waals surface area contributed by atoms with Gasteiger partial charge in [-0.1, -0.05) is 42.5 Å². The fourth-order valence-corrected chi connectivity index (χ4v) is 4.53. The summed E-state index contributed by atoms with van der Waals surface area (Å²) in [6, 6.07) is 24.2. The SMILES string of the molecule is Nc1cc(-n2ccc3ccc(-c4cccc(NC(=O)c5cnn(-c6ccccc6)c5C(F)(F)F)c4)cc32)ncn1. The lowest BCUT2D eigenvalue weighted by atomic mass is 10.0. The molecule has 0 bridgehead atoms. The first kappa shape index (κ1) is 24.9. The Morgan fingerprint density at radius 3 is 2.45 bits per heavy atom. The zero-order valence-electron chi connectivity index (χ0n) is 20.7. The summed E-state index contributed by atoms with van der Waals surface area (Å²) in [4.78, 5) is 21.3. The normalized spacial score (nSPS) is 11.6. The summed E-state index contributed by atoms with van der Waals surface area (Å²) in [6.45, 7) is 0. The molecular formula is C29H20F3N7O. The Balaban J connectivity index is 1.32. The van der Waals surface area contributed by atoms with Crippen molar-refractivity contribution in [2.45, 2.75) is 6.18 Å². The van der Waals surface area contributed by atoms with Crippen LogP contribution in [0, 0.1) is 0 Å². The zero-order chi connectivity index (χ0) is 27.9. The van der Waals surface area contributed by atoms with Crippen LogP contribution in [0.5, 0.6) is 0 Å². The third-order valence-corrected chi connectivity index (χ3v) is 6.35. The standard InChI is InChI=1S/C29H20F3N7O/c30-29(31,32)27-23(16-36-39(27)22-7-2-1-3-8-22)28(40)37-21-6-4-5-19(13-21)20-10-9-18-11-12-38(24(18)14-20)26-15-25(33)34-17-35-26/h1-17H,(H,37,40)(H2,33,34,35). The Labute approximate surface area is 225 Å². The fraction of sp³-hybridized carbons (Fsp3) is 0.0345. The molecule has 0 aliphatic carbocycles. The summed E-state index contributed by atoms with van der Waals surface area (Å²) in [5.74, 6) is 0.0314. The maximum atomic E-state index is 14.0. The number of nitrogens with one attached hydrogen (secondary N) is 1. The number of para-hydroxylation sites is 1. The summed E-state index contributed by atoms with van der Waals surface area (Å²) in [7, 11) is 0. The van der Waals surface area contributed by atoms with Crippen molar-refractivity contribution in [2.75, 3.05) is 11.1 Å². The molecule has 8 nitrogen and oxygen atoms in total. The molecule has 0 atom stereocenters. The van der Waals surface area contributed by atoms with Gasteiger partial charge in [-0.25, -0.2) is 14.6 Å². The lowest BCUT2D eigenvalue weighted by molar-refractivity contribution is -0.143. The minimum Gasteiger partial charge on any atom is -0.384 e. The summed E-state index contributed by atoms with van der Waals surface area (Å²) in [5, 5.41) is 7.43. The molecule has 0 saturated heterocycles. The lowest BCUT2D eigenvalue weighted by Gasteiger charge is -2.13. The van der Waals surface area contributed by atoms with E-state index < -0.39 is 23.3 Å². The molecule has 3 heterocycles. The van der Waals surface area contributed by atoms with E-state index in [0.29, 0.717) is 17.3 Å². The Morgan fingerprint density at radius 1 is 0.875 bits per heavy atom. The van der Waals surface area contributed by atoms with Crippen LogP contribution >= 0.6 is 0 Å². The number of hydrogen-bond donors (Lipinski definition) is 2. The summed E-state index contributed by atoms with van der Waals surface area (Å²) in [5.41, 5.74) is 7.08. The van der Waals surface area contributed by atoms with E-state index in [1.54, 1.807) is 42.5 Å². The van der Waals surface area contributed by atoms with E-state index >= 15 is 0 Å². The van der Waals surface area contributed by atoms with Crippen molar-refractivity contribution in [2.24, 2.45) is 0 Å². The molecule has 11 heteroatoms. The van der Waals surface area contributed by atoms with Crippen LogP contribution in [0.1, 0.15) is 16.1 Å². The van der Waals surface area contributed by atoms with E-state index in [9.17, 15) is 18.0 Å². The second kappa shape index (κ2) is 9.70. The minimum absolute atomic E-state index is 0.195. The van der Waals surface area contributed by atoms with Gasteiger partial charge in [-0.15, -0.1) is 0 Å². The molecule has 1 amide bonds. The van der Waals surface area contributed by atoms with E-state index in [4.69, 9.17) is 5.73 Å². The molecule has 0 aliphatic rings. The van der Waals surface area contributed by atoms with Crippen LogP contribution in [0.3, 0.4) is 0 Å². The van der Waals surface area contributed by atoms with Gasteiger partial charge in [0, 0.05) is 23.3 Å². The highest BCUT2D eigenvalue weighted by molar-refractivity contribution is 6.05. The van der Waals surface area contributed by atoms with Crippen molar-refractivity contribution >= 4 is 28.3 Å². The number of rotatable bonds is 5. The number of benzene rings is 3. The van der Waals surface area contributed by atoms with Crippen molar-refractivity contribution < 1.29 is 18.0 Å². The van der Waals surface area contributed by atoms with Crippen LogP contribution in [0.4, 0.5) is 24.7 Å². The lowest BCUT2D eigenvalue weighted by Crippen LogP contribution is -2.20. The summed E-state index contributed by atoms with van der Waals surface area (Å²) < 4.78 is 44.7. The highest BCUT2D eigenvalue weighted by Crippen LogP contribution is 2.34. The number of halogens is 3. The number of alkyl halides is 3. The molecule has 0 fully saturated rings. The predicted molar refractivity (Wildman–Crippen MR) is 145 cm³/mol. The number of carbonyl (C=O) groups is 1. The average Bonchev–Trinajstić information content (AvgIpc) is 3.59. The number of amides is 1. The van der Waals surface area contributed by atoms with Gasteiger partial charge in [-0.2, -0.15) is 18.3 Å². The first-order valence-corrected chi connectivity index (χ1v) is 12.1. The molecule has 0 saturated carbocycles. The molecule has 3 N–H and O–H groups in total. The minimum atomic E-state index is -4.81. The molecule has 6 aromatic rings. The van der Waals surface area contributed by atoms with Gasteiger partial charge in [0.05, 0.1) is 23.0 Å². The van der Waals surface area contributed by atoms with Gasteiger partial charge in [0.25, 0.3) is 5.91 Å². The van der Waals surface area contributed by atoms with Crippen molar-refractivity contribution in [3.63, 3.8) is 0 Å².